The molecule has 2 aliphatic carbocycles. The Kier molecular flexibility index (Phi) is 6.08. The van der Waals surface area contributed by atoms with Crippen LogP contribution in [-0.4, -0.2) is 93.4 Å². The van der Waals surface area contributed by atoms with E-state index in [1.165, 1.54) is 6.08 Å². The maximum absolute atomic E-state index is 12.8. The molecule has 2 aliphatic heterocycles. The molecule has 2 saturated heterocycles. The van der Waals surface area contributed by atoms with Crippen LogP contribution in [0.3, 0.4) is 0 Å². The molecule has 0 aromatic rings. The lowest BCUT2D eigenvalue weighted by atomic mass is 9.80. The summed E-state index contributed by atoms with van der Waals surface area (Å²) in [5.41, 5.74) is 1.42. The summed E-state index contributed by atoms with van der Waals surface area (Å²) in [4.78, 5) is 25.1. The summed E-state index contributed by atoms with van der Waals surface area (Å²) in [5.74, 6) is -2.04. The Hall–Kier alpha value is -1.66. The highest BCUT2D eigenvalue weighted by molar-refractivity contribution is 6.09. The largest absolute Gasteiger partial charge is 0.461 e. The molecule has 0 amide bonds. The van der Waals surface area contributed by atoms with E-state index in [-0.39, 0.29) is 24.7 Å². The van der Waals surface area contributed by atoms with Crippen molar-refractivity contribution < 1.29 is 49.3 Å². The number of carbonyl (C=O) groups is 2. The summed E-state index contributed by atoms with van der Waals surface area (Å²) in [6.45, 7) is 2.50. The molecule has 0 bridgehead atoms. The molecule has 0 aromatic heterocycles. The normalized spacial score (nSPS) is 45.2. The van der Waals surface area contributed by atoms with Gasteiger partial charge in [0.05, 0.1) is 25.2 Å². The fourth-order valence-corrected chi connectivity index (χ4v) is 5.17. The monoisotopic (exact) mass is 440 g/mol. The average molecular weight is 440 g/mol. The van der Waals surface area contributed by atoms with Crippen LogP contribution >= 0.6 is 0 Å². The molecule has 2 heterocycles. The summed E-state index contributed by atoms with van der Waals surface area (Å²) < 4.78 is 17.1. The zero-order chi connectivity index (χ0) is 22.6. The molecule has 4 rings (SSSR count). The molecule has 10 heteroatoms. The highest BCUT2D eigenvalue weighted by Gasteiger charge is 2.54. The number of aliphatic hydroxyl groups excluding tert-OH is 5. The molecular weight excluding hydrogens is 412 g/mol. The predicted octanol–water partition coefficient (Wildman–Crippen LogP) is -1.81. The number of allylic oxidation sites excluding steroid dienone is 1. The van der Waals surface area contributed by atoms with Gasteiger partial charge in [-0.25, -0.2) is 0 Å². The van der Waals surface area contributed by atoms with Crippen LogP contribution < -0.4 is 0 Å². The van der Waals surface area contributed by atoms with Crippen LogP contribution in [0.25, 0.3) is 0 Å². The van der Waals surface area contributed by atoms with Crippen molar-refractivity contribution in [3.63, 3.8) is 0 Å². The molecule has 2 fully saturated rings. The molecule has 0 aromatic carbocycles. The van der Waals surface area contributed by atoms with Crippen molar-refractivity contribution in [1.29, 1.82) is 0 Å². The van der Waals surface area contributed by atoms with E-state index in [4.69, 9.17) is 14.2 Å². The third-order valence-corrected chi connectivity index (χ3v) is 7.03. The van der Waals surface area contributed by atoms with Crippen molar-refractivity contribution in [3.8, 4) is 0 Å². The molecule has 172 valence electrons. The van der Waals surface area contributed by atoms with Crippen molar-refractivity contribution in [2.24, 2.45) is 17.8 Å². The van der Waals surface area contributed by atoms with E-state index in [1.807, 2.05) is 0 Å². The number of esters is 1. The zero-order valence-electron chi connectivity index (χ0n) is 17.2. The second-order valence-corrected chi connectivity index (χ2v) is 8.73. The maximum atomic E-state index is 12.8. The third kappa shape index (κ3) is 3.56. The van der Waals surface area contributed by atoms with Crippen molar-refractivity contribution in [1.82, 2.24) is 0 Å². The Morgan fingerprint density at radius 1 is 1.13 bits per heavy atom. The Balaban J connectivity index is 1.68. The fraction of sp³-hybridized carbons (Fsp3) is 0.714. The summed E-state index contributed by atoms with van der Waals surface area (Å²) in [6, 6.07) is 0. The lowest BCUT2D eigenvalue weighted by Gasteiger charge is -2.41. The average Bonchev–Trinajstić information content (AvgIpc) is 3.18. The van der Waals surface area contributed by atoms with Gasteiger partial charge in [0.2, 0.25) is 0 Å². The minimum Gasteiger partial charge on any atom is -0.461 e. The predicted molar refractivity (Wildman–Crippen MR) is 102 cm³/mol. The maximum Gasteiger partial charge on any atom is 0.309 e. The first-order chi connectivity index (χ1) is 14.7. The highest BCUT2D eigenvalue weighted by Crippen LogP contribution is 2.48. The molecule has 0 radical (unpaired) electrons. The van der Waals surface area contributed by atoms with E-state index < -0.39 is 67.3 Å². The van der Waals surface area contributed by atoms with E-state index in [9.17, 15) is 35.1 Å². The molecule has 31 heavy (non-hydrogen) atoms. The van der Waals surface area contributed by atoms with Gasteiger partial charge in [0.15, 0.2) is 12.1 Å². The number of hydrogen-bond donors (Lipinski definition) is 5. The van der Waals surface area contributed by atoms with Gasteiger partial charge in [0, 0.05) is 17.4 Å². The quantitative estimate of drug-likeness (QED) is 0.315. The van der Waals surface area contributed by atoms with Gasteiger partial charge < -0.3 is 39.7 Å². The van der Waals surface area contributed by atoms with Crippen LogP contribution in [-0.2, 0) is 23.8 Å². The molecule has 10 atom stereocenters. The number of hydrogen-bond acceptors (Lipinski definition) is 10. The van der Waals surface area contributed by atoms with E-state index in [2.05, 4.69) is 0 Å². The van der Waals surface area contributed by atoms with Gasteiger partial charge in [-0.05, 0) is 30.6 Å². The van der Waals surface area contributed by atoms with Gasteiger partial charge in [-0.2, -0.15) is 0 Å². The van der Waals surface area contributed by atoms with Crippen LogP contribution in [0.4, 0.5) is 0 Å². The number of ketones is 1. The summed E-state index contributed by atoms with van der Waals surface area (Å²) in [6.07, 6.45) is -6.96. The SMILES string of the molecule is CC1=C2C(=O)C=C(CO)[C@@H]2[C@H]2OC(=O)[C@@H](C)[C@@H]2C[C@H]1O[C@@H]1O[C@H](CO)[C@@H](O)[C@H](O)[C@H]1O. The Labute approximate surface area is 178 Å². The van der Waals surface area contributed by atoms with Gasteiger partial charge in [-0.1, -0.05) is 6.92 Å². The first-order valence-corrected chi connectivity index (χ1v) is 10.4. The standard InChI is InChI=1S/C21H28O10/c1-7-10-4-12(29-21-18(27)17(26)16(25)13(6-23)30-21)8(2)14-11(24)3-9(5-22)15(14)19(10)31-20(7)28/h3,7,10,12-13,15-19,21-23,25-27H,4-6H2,1-2H3/t7-,10-,12+,13+,15-,16+,17-,18+,19-,21+/m0/s1. The van der Waals surface area contributed by atoms with Gasteiger partial charge in [-0.3, -0.25) is 9.59 Å². The van der Waals surface area contributed by atoms with Crippen molar-refractivity contribution in [2.75, 3.05) is 13.2 Å². The molecule has 0 saturated carbocycles. The molecule has 5 N–H and O–H groups in total. The van der Waals surface area contributed by atoms with Crippen molar-refractivity contribution >= 4 is 11.8 Å². The van der Waals surface area contributed by atoms with E-state index >= 15 is 0 Å². The molecule has 0 unspecified atom stereocenters. The number of rotatable bonds is 4. The minimum absolute atomic E-state index is 0.282. The van der Waals surface area contributed by atoms with Gasteiger partial charge in [0.25, 0.3) is 0 Å². The second kappa shape index (κ2) is 8.36. The first-order valence-electron chi connectivity index (χ1n) is 10.4. The lowest BCUT2D eigenvalue weighted by Crippen LogP contribution is -2.59. The summed E-state index contributed by atoms with van der Waals surface area (Å²) in [7, 11) is 0. The molecule has 0 spiro atoms. The molecule has 10 nitrogen and oxygen atoms in total. The summed E-state index contributed by atoms with van der Waals surface area (Å²) >= 11 is 0. The number of carbonyl (C=O) groups excluding carboxylic acids is 2. The first kappa shape index (κ1) is 22.5. The topological polar surface area (TPSA) is 163 Å². The number of aliphatic hydroxyl groups is 5. The van der Waals surface area contributed by atoms with Gasteiger partial charge in [0.1, 0.15) is 30.5 Å². The van der Waals surface area contributed by atoms with Crippen LogP contribution in [0.15, 0.2) is 22.8 Å². The van der Waals surface area contributed by atoms with Gasteiger partial charge >= 0.3 is 5.97 Å². The van der Waals surface area contributed by atoms with E-state index in [1.54, 1.807) is 13.8 Å². The minimum atomic E-state index is -1.60. The second-order valence-electron chi connectivity index (χ2n) is 8.73. The third-order valence-electron chi connectivity index (χ3n) is 7.03. The molecule has 4 aliphatic rings. The Bertz CT molecular complexity index is 817. The molecular formula is C21H28O10. The van der Waals surface area contributed by atoms with E-state index in [0.29, 0.717) is 16.7 Å². The van der Waals surface area contributed by atoms with Crippen molar-refractivity contribution in [2.45, 2.75) is 63.2 Å². The van der Waals surface area contributed by atoms with Crippen LogP contribution in [0, 0.1) is 17.8 Å². The Morgan fingerprint density at radius 3 is 2.48 bits per heavy atom. The number of fused-ring (bicyclic) bond motifs is 3. The van der Waals surface area contributed by atoms with E-state index in [0.717, 1.165) is 0 Å². The van der Waals surface area contributed by atoms with Crippen LogP contribution in [0.5, 0.6) is 0 Å². The fourth-order valence-electron chi connectivity index (χ4n) is 5.17. The highest BCUT2D eigenvalue weighted by atomic mass is 16.7. The zero-order valence-corrected chi connectivity index (χ0v) is 17.2. The van der Waals surface area contributed by atoms with Crippen LogP contribution in [0.2, 0.25) is 0 Å². The summed E-state index contributed by atoms with van der Waals surface area (Å²) in [5, 5.41) is 49.6. The van der Waals surface area contributed by atoms with Gasteiger partial charge in [-0.15, -0.1) is 0 Å². The smallest absolute Gasteiger partial charge is 0.309 e. The Morgan fingerprint density at radius 2 is 1.84 bits per heavy atom. The lowest BCUT2D eigenvalue weighted by molar-refractivity contribution is -0.309. The van der Waals surface area contributed by atoms with Crippen molar-refractivity contribution in [3.05, 3.63) is 22.8 Å². The number of ether oxygens (including phenoxy) is 3. The van der Waals surface area contributed by atoms with Crippen LogP contribution in [0.1, 0.15) is 20.3 Å².